The third kappa shape index (κ3) is 2.17. The zero-order chi connectivity index (χ0) is 5.86. The summed E-state index contributed by atoms with van der Waals surface area (Å²) in [6.45, 7) is 1.66. The van der Waals surface area contributed by atoms with E-state index in [2.05, 4.69) is 0 Å². The van der Waals surface area contributed by atoms with E-state index in [9.17, 15) is 9.90 Å². The van der Waals surface area contributed by atoms with Gasteiger partial charge in [0, 0.05) is 18.4 Å². The maximum atomic E-state index is 9.74. The Hall–Kier alpha value is -0.570. The zero-order valence-electron chi connectivity index (χ0n) is 4.18. The van der Waals surface area contributed by atoms with Gasteiger partial charge in [-0.15, -0.1) is 0 Å². The molecule has 0 aromatic heterocycles. The SMILES string of the molecule is C[C@@H](CN)C(=O)[O-]. The van der Waals surface area contributed by atoms with Gasteiger partial charge in [-0.2, -0.15) is 0 Å². The predicted octanol–water partition coefficient (Wildman–Crippen LogP) is -1.67. The lowest BCUT2D eigenvalue weighted by Gasteiger charge is -2.06. The summed E-state index contributed by atoms with van der Waals surface area (Å²) in [6, 6.07) is 0. The molecule has 0 rings (SSSR count). The van der Waals surface area contributed by atoms with Crippen LogP contribution in [0.3, 0.4) is 0 Å². The van der Waals surface area contributed by atoms with Crippen LogP contribution in [0.1, 0.15) is 6.92 Å². The van der Waals surface area contributed by atoms with Crippen molar-refractivity contribution in [2.45, 2.75) is 6.92 Å². The van der Waals surface area contributed by atoms with Crippen LogP contribution in [0.4, 0.5) is 0 Å². The van der Waals surface area contributed by atoms with Crippen molar-refractivity contribution in [2.24, 2.45) is 11.7 Å². The number of carboxylic acid groups (broad SMARTS) is 1. The Labute approximate surface area is 42.1 Å². The quantitative estimate of drug-likeness (QED) is 0.453. The first-order valence-corrected chi connectivity index (χ1v) is 2.09. The monoisotopic (exact) mass is 102 g/mol. The third-order valence-corrected chi connectivity index (χ3v) is 0.756. The Balaban J connectivity index is 3.34. The summed E-state index contributed by atoms with van der Waals surface area (Å²) in [7, 11) is 0. The minimum Gasteiger partial charge on any atom is -0.550 e. The zero-order valence-corrected chi connectivity index (χ0v) is 4.18. The largest absolute Gasteiger partial charge is 0.550 e. The molecule has 0 fully saturated rings. The fourth-order valence-corrected chi connectivity index (χ4v) is 0.0962. The molecule has 3 nitrogen and oxygen atoms in total. The summed E-state index contributed by atoms with van der Waals surface area (Å²) in [5, 5.41) is 9.74. The minimum absolute atomic E-state index is 0.155. The van der Waals surface area contributed by atoms with Crippen LogP contribution in [0, 0.1) is 5.92 Å². The van der Waals surface area contributed by atoms with Crippen LogP contribution in [-0.2, 0) is 4.79 Å². The van der Waals surface area contributed by atoms with Crippen molar-refractivity contribution in [3.05, 3.63) is 0 Å². The van der Waals surface area contributed by atoms with Crippen molar-refractivity contribution >= 4 is 5.97 Å². The second kappa shape index (κ2) is 2.58. The van der Waals surface area contributed by atoms with E-state index in [0.29, 0.717) is 0 Å². The lowest BCUT2D eigenvalue weighted by molar-refractivity contribution is -0.310. The topological polar surface area (TPSA) is 66.2 Å². The predicted molar refractivity (Wildman–Crippen MR) is 23.2 cm³/mol. The molecule has 0 unspecified atom stereocenters. The minimum atomic E-state index is -1.08. The Morgan fingerprint density at radius 1 is 2.00 bits per heavy atom. The molecule has 0 bridgehead atoms. The molecule has 0 heterocycles. The first-order chi connectivity index (χ1) is 3.18. The van der Waals surface area contributed by atoms with Crippen molar-refractivity contribution in [3.8, 4) is 0 Å². The first kappa shape index (κ1) is 6.43. The fourth-order valence-electron chi connectivity index (χ4n) is 0.0962. The number of carboxylic acids is 1. The smallest absolute Gasteiger partial charge is 0.0455 e. The van der Waals surface area contributed by atoms with Crippen LogP contribution >= 0.6 is 0 Å². The highest BCUT2D eigenvalue weighted by Gasteiger charge is 1.95. The lowest BCUT2D eigenvalue weighted by Crippen LogP contribution is -2.33. The molecule has 0 aromatic rings. The summed E-state index contributed by atoms with van der Waals surface area (Å²) in [6.07, 6.45) is 0. The molecule has 0 saturated heterocycles. The van der Waals surface area contributed by atoms with Gasteiger partial charge in [-0.25, -0.2) is 0 Å². The van der Waals surface area contributed by atoms with Crippen molar-refractivity contribution in [3.63, 3.8) is 0 Å². The number of hydrogen-bond acceptors (Lipinski definition) is 3. The third-order valence-electron chi connectivity index (χ3n) is 0.756. The van der Waals surface area contributed by atoms with Gasteiger partial charge in [0.05, 0.1) is 0 Å². The second-order valence-electron chi connectivity index (χ2n) is 1.46. The van der Waals surface area contributed by atoms with Gasteiger partial charge in [0.15, 0.2) is 0 Å². The Morgan fingerprint density at radius 2 is 2.43 bits per heavy atom. The summed E-state index contributed by atoms with van der Waals surface area (Å²) in [4.78, 5) is 9.74. The van der Waals surface area contributed by atoms with Gasteiger partial charge in [0.25, 0.3) is 0 Å². The van der Waals surface area contributed by atoms with E-state index in [0.717, 1.165) is 0 Å². The van der Waals surface area contributed by atoms with Crippen LogP contribution in [0.5, 0.6) is 0 Å². The van der Waals surface area contributed by atoms with Gasteiger partial charge in [-0.1, -0.05) is 6.92 Å². The van der Waals surface area contributed by atoms with E-state index in [1.165, 1.54) is 6.92 Å². The lowest BCUT2D eigenvalue weighted by atomic mass is 10.2. The molecule has 42 valence electrons. The van der Waals surface area contributed by atoms with Crippen LogP contribution in [-0.4, -0.2) is 12.5 Å². The molecule has 0 aromatic carbocycles. The highest BCUT2D eigenvalue weighted by Crippen LogP contribution is 1.84. The molecule has 0 amide bonds. The first-order valence-electron chi connectivity index (χ1n) is 2.09. The molecule has 2 N–H and O–H groups in total. The molecule has 0 spiro atoms. The van der Waals surface area contributed by atoms with Gasteiger partial charge in [0.2, 0.25) is 0 Å². The van der Waals surface area contributed by atoms with Crippen LogP contribution < -0.4 is 10.8 Å². The number of rotatable bonds is 2. The van der Waals surface area contributed by atoms with Crippen molar-refractivity contribution in [1.82, 2.24) is 0 Å². The molecular formula is C4H8NO2-. The van der Waals surface area contributed by atoms with Gasteiger partial charge in [-0.05, 0) is 0 Å². The normalized spacial score (nSPS) is 13.4. The van der Waals surface area contributed by atoms with Gasteiger partial charge >= 0.3 is 0 Å². The average molecular weight is 102 g/mol. The molecule has 0 radical (unpaired) electrons. The molecule has 3 heteroatoms. The van der Waals surface area contributed by atoms with E-state index in [1.807, 2.05) is 0 Å². The Bertz CT molecular complexity index is 72.1. The van der Waals surface area contributed by atoms with E-state index < -0.39 is 11.9 Å². The Kier molecular flexibility index (Phi) is 2.37. The number of aliphatic carboxylic acids is 1. The molecule has 0 aliphatic heterocycles. The molecule has 0 saturated carbocycles. The number of hydrogen-bond donors (Lipinski definition) is 1. The fraction of sp³-hybridized carbons (Fsp3) is 0.750. The van der Waals surface area contributed by atoms with Crippen molar-refractivity contribution in [2.75, 3.05) is 6.54 Å². The second-order valence-corrected chi connectivity index (χ2v) is 1.46. The highest BCUT2D eigenvalue weighted by atomic mass is 16.4. The van der Waals surface area contributed by atoms with E-state index >= 15 is 0 Å². The van der Waals surface area contributed by atoms with Crippen molar-refractivity contribution in [1.29, 1.82) is 0 Å². The van der Waals surface area contributed by atoms with Gasteiger partial charge in [0.1, 0.15) is 0 Å². The summed E-state index contributed by atoms with van der Waals surface area (Å²) in [5.74, 6) is -1.59. The Morgan fingerprint density at radius 3 is 2.43 bits per heavy atom. The van der Waals surface area contributed by atoms with Crippen molar-refractivity contribution < 1.29 is 9.90 Å². The summed E-state index contributed by atoms with van der Waals surface area (Å²) < 4.78 is 0. The molecule has 1 atom stereocenters. The molecular weight excluding hydrogens is 94.0 g/mol. The highest BCUT2D eigenvalue weighted by molar-refractivity contribution is 5.67. The maximum Gasteiger partial charge on any atom is 0.0455 e. The molecule has 7 heavy (non-hydrogen) atoms. The van der Waals surface area contributed by atoms with E-state index in [-0.39, 0.29) is 6.54 Å². The number of nitrogens with two attached hydrogens (primary N) is 1. The van der Waals surface area contributed by atoms with Gasteiger partial charge < -0.3 is 15.6 Å². The number of carbonyl (C=O) groups is 1. The maximum absolute atomic E-state index is 9.74. The summed E-state index contributed by atoms with van der Waals surface area (Å²) in [5.41, 5.74) is 4.95. The van der Waals surface area contributed by atoms with Gasteiger partial charge in [-0.3, -0.25) is 0 Å². The average Bonchev–Trinajstić information content (AvgIpc) is 1.65. The van der Waals surface area contributed by atoms with E-state index in [1.54, 1.807) is 0 Å². The standard InChI is InChI=1S/C4H9NO2/c1-3(2-5)4(6)7/h3H,2,5H2,1H3,(H,6,7)/p-1/t3-/m0/s1. The number of carbonyl (C=O) groups excluding carboxylic acids is 1. The summed E-state index contributed by atoms with van der Waals surface area (Å²) >= 11 is 0. The van der Waals surface area contributed by atoms with E-state index in [4.69, 9.17) is 5.73 Å². The van der Waals surface area contributed by atoms with Crippen LogP contribution in [0.15, 0.2) is 0 Å². The van der Waals surface area contributed by atoms with Crippen LogP contribution in [0.25, 0.3) is 0 Å². The van der Waals surface area contributed by atoms with Crippen LogP contribution in [0.2, 0.25) is 0 Å². The molecule has 0 aliphatic carbocycles. The molecule has 0 aliphatic rings.